The van der Waals surface area contributed by atoms with Gasteiger partial charge in [0.05, 0.1) is 22.3 Å². The van der Waals surface area contributed by atoms with Crippen LogP contribution >= 0.6 is 0 Å². The third-order valence-corrected chi connectivity index (χ3v) is 9.96. The summed E-state index contributed by atoms with van der Waals surface area (Å²) in [5.41, 5.74) is 4.13. The maximum absolute atomic E-state index is 13.2. The monoisotopic (exact) mass is 508 g/mol. The molecule has 8 heteroatoms. The van der Waals surface area contributed by atoms with Gasteiger partial charge in [-0.1, -0.05) is 12.1 Å². The van der Waals surface area contributed by atoms with Gasteiger partial charge >= 0.3 is 5.97 Å². The topological polar surface area (TPSA) is 99.7 Å². The lowest BCUT2D eigenvalue weighted by molar-refractivity contribution is -0.0346. The average Bonchev–Trinajstić information content (AvgIpc) is 3.56. The SMILES string of the molecule is Cc1cc2c(c3cc[nH]c13)C(N1CC[C@@H](OCC3CC3)C[C@@H]1c1ccc(C(=O)O)cc1)CCS2(=O)=O. The number of aryl methyl sites for hydroxylation is 1. The Morgan fingerprint density at radius 3 is 2.61 bits per heavy atom. The first kappa shape index (κ1) is 23.7. The number of nitrogens with one attached hydrogen (secondary N) is 1. The first-order chi connectivity index (χ1) is 17.3. The summed E-state index contributed by atoms with van der Waals surface area (Å²) in [5.74, 6) is -0.121. The van der Waals surface area contributed by atoms with Gasteiger partial charge in [0.2, 0.25) is 0 Å². The van der Waals surface area contributed by atoms with E-state index in [1.54, 1.807) is 12.1 Å². The van der Waals surface area contributed by atoms with E-state index in [9.17, 15) is 18.3 Å². The number of likely N-dealkylation sites (tertiary alicyclic amines) is 1. The fraction of sp³-hybridized carbons (Fsp3) is 0.464. The minimum absolute atomic E-state index is 0.0137. The molecule has 3 aromatic rings. The summed E-state index contributed by atoms with van der Waals surface area (Å²) in [6.45, 7) is 3.56. The van der Waals surface area contributed by atoms with E-state index in [1.165, 1.54) is 12.8 Å². The van der Waals surface area contributed by atoms with Crippen LogP contribution < -0.4 is 0 Å². The quantitative estimate of drug-likeness (QED) is 0.485. The third kappa shape index (κ3) is 4.25. The smallest absolute Gasteiger partial charge is 0.335 e. The molecule has 3 atom stereocenters. The summed E-state index contributed by atoms with van der Waals surface area (Å²) in [7, 11) is -3.36. The van der Waals surface area contributed by atoms with E-state index in [4.69, 9.17) is 4.74 Å². The second kappa shape index (κ2) is 9.01. The average molecular weight is 509 g/mol. The van der Waals surface area contributed by atoms with Crippen molar-refractivity contribution in [1.82, 2.24) is 9.88 Å². The van der Waals surface area contributed by atoms with E-state index in [0.29, 0.717) is 17.2 Å². The Bertz CT molecular complexity index is 1410. The minimum atomic E-state index is -3.36. The Labute approximate surface area is 211 Å². The normalized spacial score (nSPS) is 26.1. The molecule has 190 valence electrons. The molecule has 1 unspecified atom stereocenters. The molecule has 1 saturated carbocycles. The van der Waals surface area contributed by atoms with E-state index in [2.05, 4.69) is 9.88 Å². The van der Waals surface area contributed by atoms with Gasteiger partial charge in [0, 0.05) is 42.3 Å². The van der Waals surface area contributed by atoms with Gasteiger partial charge < -0.3 is 14.8 Å². The van der Waals surface area contributed by atoms with Gasteiger partial charge in [-0.05, 0) is 85.9 Å². The largest absolute Gasteiger partial charge is 0.478 e. The number of aromatic nitrogens is 1. The van der Waals surface area contributed by atoms with Crippen molar-refractivity contribution < 1.29 is 23.1 Å². The zero-order valence-corrected chi connectivity index (χ0v) is 21.3. The molecule has 0 amide bonds. The standard InChI is InChI=1S/C28H32N2O5S/c1-17-14-25-26(22-8-11-29-27(17)22)23(10-13-36(25,33)34)30-12-9-21(35-16-18-2-3-18)15-24(30)19-4-6-20(7-5-19)28(31)32/h4-8,11,14,18,21,23-24,29H,2-3,9-10,12-13,15-16H2,1H3,(H,31,32)/t21-,23?,24-/m1/s1. The van der Waals surface area contributed by atoms with Crippen molar-refractivity contribution in [3.63, 3.8) is 0 Å². The molecule has 3 heterocycles. The van der Waals surface area contributed by atoms with Crippen molar-refractivity contribution in [2.24, 2.45) is 5.92 Å². The highest BCUT2D eigenvalue weighted by Gasteiger charge is 2.41. The van der Waals surface area contributed by atoms with Crippen molar-refractivity contribution in [3.8, 4) is 0 Å². The number of rotatable bonds is 6. The van der Waals surface area contributed by atoms with Crippen LogP contribution in [0, 0.1) is 12.8 Å². The fourth-order valence-electron chi connectivity index (χ4n) is 6.06. The maximum atomic E-state index is 13.2. The summed E-state index contributed by atoms with van der Waals surface area (Å²) in [6, 6.07) is 10.9. The molecular weight excluding hydrogens is 476 g/mol. The van der Waals surface area contributed by atoms with Gasteiger partial charge in [0.15, 0.2) is 9.84 Å². The highest BCUT2D eigenvalue weighted by atomic mass is 32.2. The molecule has 36 heavy (non-hydrogen) atoms. The molecule has 1 saturated heterocycles. The Balaban J connectivity index is 1.40. The van der Waals surface area contributed by atoms with Crippen molar-refractivity contribution >= 4 is 26.7 Å². The highest BCUT2D eigenvalue weighted by molar-refractivity contribution is 7.91. The number of sulfone groups is 1. The predicted octanol–water partition coefficient (Wildman–Crippen LogP) is 5.03. The number of carboxylic acid groups (broad SMARTS) is 1. The Hall–Kier alpha value is -2.68. The molecule has 3 aliphatic rings. The number of carbonyl (C=O) groups is 1. The zero-order valence-electron chi connectivity index (χ0n) is 20.4. The number of hydrogen-bond acceptors (Lipinski definition) is 5. The molecule has 6 rings (SSSR count). The summed E-state index contributed by atoms with van der Waals surface area (Å²) in [5, 5.41) is 10.4. The van der Waals surface area contributed by atoms with Gasteiger partial charge in [-0.2, -0.15) is 0 Å². The van der Waals surface area contributed by atoms with Gasteiger partial charge in [-0.25, -0.2) is 13.2 Å². The Kier molecular flexibility index (Phi) is 5.93. The molecule has 2 aliphatic heterocycles. The predicted molar refractivity (Wildman–Crippen MR) is 137 cm³/mol. The second-order valence-electron chi connectivity index (χ2n) is 10.6. The highest BCUT2D eigenvalue weighted by Crippen LogP contribution is 2.47. The maximum Gasteiger partial charge on any atom is 0.335 e. The van der Waals surface area contributed by atoms with Gasteiger partial charge in [0.1, 0.15) is 0 Å². The second-order valence-corrected chi connectivity index (χ2v) is 12.7. The Morgan fingerprint density at radius 1 is 1.11 bits per heavy atom. The summed E-state index contributed by atoms with van der Waals surface area (Å²) >= 11 is 0. The van der Waals surface area contributed by atoms with Gasteiger partial charge in [-0.3, -0.25) is 4.90 Å². The number of H-pyrrole nitrogens is 1. The molecule has 0 spiro atoms. The number of carboxylic acids is 1. The molecule has 2 fully saturated rings. The van der Waals surface area contributed by atoms with E-state index in [0.717, 1.165) is 53.6 Å². The lowest BCUT2D eigenvalue weighted by Gasteiger charge is -2.46. The number of aromatic carboxylic acids is 1. The Morgan fingerprint density at radius 2 is 1.89 bits per heavy atom. The van der Waals surface area contributed by atoms with Crippen molar-refractivity contribution in [2.45, 2.75) is 62.1 Å². The van der Waals surface area contributed by atoms with Crippen LogP contribution in [-0.4, -0.2) is 54.4 Å². The van der Waals surface area contributed by atoms with Crippen LogP contribution in [0.1, 0.15) is 71.2 Å². The number of aromatic amines is 1. The molecule has 2 N–H and O–H groups in total. The van der Waals surface area contributed by atoms with Crippen molar-refractivity contribution in [2.75, 3.05) is 18.9 Å². The van der Waals surface area contributed by atoms with Crippen LogP contribution in [0.15, 0.2) is 47.5 Å². The van der Waals surface area contributed by atoms with Crippen LogP contribution in [0.4, 0.5) is 0 Å². The lowest BCUT2D eigenvalue weighted by atomic mass is 9.87. The number of ether oxygens (including phenoxy) is 1. The zero-order chi connectivity index (χ0) is 25.0. The summed E-state index contributed by atoms with van der Waals surface area (Å²) < 4.78 is 32.7. The van der Waals surface area contributed by atoms with E-state index in [1.807, 2.05) is 37.4 Å². The number of fused-ring (bicyclic) bond motifs is 3. The number of piperidine rings is 1. The van der Waals surface area contributed by atoms with Crippen molar-refractivity contribution in [1.29, 1.82) is 0 Å². The van der Waals surface area contributed by atoms with Gasteiger partial charge in [-0.15, -0.1) is 0 Å². The van der Waals surface area contributed by atoms with Crippen LogP contribution in [-0.2, 0) is 14.6 Å². The van der Waals surface area contributed by atoms with Crippen LogP contribution in [0.25, 0.3) is 10.9 Å². The van der Waals surface area contributed by atoms with E-state index >= 15 is 0 Å². The van der Waals surface area contributed by atoms with Crippen LogP contribution in [0.5, 0.6) is 0 Å². The molecule has 0 radical (unpaired) electrons. The van der Waals surface area contributed by atoms with E-state index < -0.39 is 15.8 Å². The number of nitrogens with zero attached hydrogens (tertiary/aromatic N) is 1. The first-order valence-electron chi connectivity index (χ1n) is 12.9. The van der Waals surface area contributed by atoms with E-state index in [-0.39, 0.29) is 29.5 Å². The molecule has 1 aromatic heterocycles. The third-order valence-electron chi connectivity index (χ3n) is 8.18. The van der Waals surface area contributed by atoms with Crippen LogP contribution in [0.3, 0.4) is 0 Å². The molecule has 0 bridgehead atoms. The first-order valence-corrected chi connectivity index (χ1v) is 14.5. The van der Waals surface area contributed by atoms with Crippen molar-refractivity contribution in [3.05, 3.63) is 64.8 Å². The lowest BCUT2D eigenvalue weighted by Crippen LogP contribution is -2.44. The number of hydrogen-bond donors (Lipinski definition) is 2. The summed E-state index contributed by atoms with van der Waals surface area (Å²) in [6.07, 6.45) is 6.77. The molecule has 7 nitrogen and oxygen atoms in total. The summed E-state index contributed by atoms with van der Waals surface area (Å²) in [4.78, 5) is 17.6. The molecule has 1 aliphatic carbocycles. The van der Waals surface area contributed by atoms with Gasteiger partial charge in [0.25, 0.3) is 0 Å². The van der Waals surface area contributed by atoms with Crippen LogP contribution in [0.2, 0.25) is 0 Å². The number of benzene rings is 2. The molecular formula is C28H32N2O5S. The fourth-order valence-corrected chi connectivity index (χ4v) is 7.75. The molecule has 2 aromatic carbocycles. The minimum Gasteiger partial charge on any atom is -0.478 e.